The van der Waals surface area contributed by atoms with E-state index in [9.17, 15) is 13.2 Å². The molecule has 0 amide bonds. The number of rotatable bonds is 3. The van der Waals surface area contributed by atoms with E-state index in [1.54, 1.807) is 0 Å². The van der Waals surface area contributed by atoms with E-state index in [1.807, 2.05) is 0 Å². The Morgan fingerprint density at radius 3 is 2.50 bits per heavy atom. The second kappa shape index (κ2) is 4.56. The van der Waals surface area contributed by atoms with Gasteiger partial charge in [-0.15, -0.1) is 13.2 Å². The molecule has 1 aromatic rings. The molecule has 0 saturated heterocycles. The molecule has 1 aromatic heterocycles. The maximum atomic E-state index is 12.1. The molecular weight excluding hydrogens is 227 g/mol. The van der Waals surface area contributed by atoms with Crippen LogP contribution < -0.4 is 9.47 Å². The number of halogens is 3. The second-order valence-corrected chi connectivity index (χ2v) is 2.93. The summed E-state index contributed by atoms with van der Waals surface area (Å²) in [7, 11) is 1.31. The van der Waals surface area contributed by atoms with Crippen molar-refractivity contribution in [2.24, 2.45) is 0 Å². The largest absolute Gasteiger partial charge is 0.573 e. The summed E-state index contributed by atoms with van der Waals surface area (Å²) in [5.41, 5.74) is -0.0468. The smallest absolute Gasteiger partial charge is 0.495 e. The van der Waals surface area contributed by atoms with Gasteiger partial charge in [-0.25, -0.2) is 0 Å². The van der Waals surface area contributed by atoms with Crippen molar-refractivity contribution in [3.63, 3.8) is 0 Å². The summed E-state index contributed by atoms with van der Waals surface area (Å²) in [4.78, 5) is 3.61. The van der Waals surface area contributed by atoms with Crippen LogP contribution in [-0.2, 0) is 6.61 Å². The molecule has 0 unspecified atom stereocenters. The topological polar surface area (TPSA) is 51.6 Å². The summed E-state index contributed by atoms with van der Waals surface area (Å²) < 4.78 is 44.9. The molecule has 1 heterocycles. The molecule has 0 bridgehead atoms. The lowest BCUT2D eigenvalue weighted by atomic mass is 10.2. The molecule has 0 aliphatic rings. The molecule has 0 fully saturated rings. The van der Waals surface area contributed by atoms with E-state index in [0.717, 1.165) is 0 Å². The number of pyridine rings is 1. The number of aliphatic hydroxyl groups excluding tert-OH is 1. The number of nitrogens with zero attached hydrogens (tertiary/aromatic N) is 1. The van der Waals surface area contributed by atoms with Gasteiger partial charge in [0.05, 0.1) is 19.9 Å². The van der Waals surface area contributed by atoms with Crippen LogP contribution in [0.2, 0.25) is 0 Å². The molecule has 0 spiro atoms. The monoisotopic (exact) mass is 237 g/mol. The molecule has 0 aromatic carbocycles. The van der Waals surface area contributed by atoms with Gasteiger partial charge in [-0.2, -0.15) is 0 Å². The van der Waals surface area contributed by atoms with Crippen LogP contribution in [0.4, 0.5) is 13.2 Å². The zero-order valence-electron chi connectivity index (χ0n) is 8.63. The van der Waals surface area contributed by atoms with Crippen LogP contribution in [0.5, 0.6) is 11.5 Å². The molecule has 7 heteroatoms. The van der Waals surface area contributed by atoms with Gasteiger partial charge in [0.25, 0.3) is 0 Å². The predicted molar refractivity (Wildman–Crippen MR) is 48.1 cm³/mol. The minimum Gasteiger partial charge on any atom is -0.495 e. The summed E-state index contributed by atoms with van der Waals surface area (Å²) in [6.45, 7) is 0.747. The van der Waals surface area contributed by atoms with Crippen molar-refractivity contribution in [1.82, 2.24) is 4.98 Å². The fraction of sp³-hybridized carbons (Fsp3) is 0.444. The average molecular weight is 237 g/mol. The fourth-order valence-electron chi connectivity index (χ4n) is 1.19. The molecule has 1 rings (SSSR count). The van der Waals surface area contributed by atoms with Gasteiger partial charge in [-0.1, -0.05) is 0 Å². The number of methoxy groups -OCH3 is 1. The standard InChI is InChI=1S/C9H10F3NO3/c1-5-7(15-2)3-13-6(4-14)8(5)16-9(10,11)12/h3,14H,4H2,1-2H3. The Bertz CT molecular complexity index is 379. The molecule has 0 atom stereocenters. The Morgan fingerprint density at radius 1 is 1.44 bits per heavy atom. The Morgan fingerprint density at radius 2 is 2.06 bits per heavy atom. The number of ether oxygens (including phenoxy) is 2. The number of hydrogen-bond donors (Lipinski definition) is 1. The zero-order chi connectivity index (χ0) is 12.3. The lowest BCUT2D eigenvalue weighted by Crippen LogP contribution is -2.19. The first-order valence-electron chi connectivity index (χ1n) is 4.28. The highest BCUT2D eigenvalue weighted by atomic mass is 19.4. The third-order valence-corrected chi connectivity index (χ3v) is 1.90. The van der Waals surface area contributed by atoms with Gasteiger partial charge in [0.15, 0.2) is 5.75 Å². The van der Waals surface area contributed by atoms with Crippen molar-refractivity contribution in [3.05, 3.63) is 17.5 Å². The van der Waals surface area contributed by atoms with Crippen LogP contribution in [0, 0.1) is 6.92 Å². The molecule has 0 aliphatic carbocycles. The van der Waals surface area contributed by atoms with Crippen molar-refractivity contribution in [3.8, 4) is 11.5 Å². The van der Waals surface area contributed by atoms with Crippen molar-refractivity contribution in [1.29, 1.82) is 0 Å². The molecule has 0 saturated carbocycles. The lowest BCUT2D eigenvalue weighted by molar-refractivity contribution is -0.275. The van der Waals surface area contributed by atoms with Crippen molar-refractivity contribution in [2.75, 3.05) is 7.11 Å². The van der Waals surface area contributed by atoms with Crippen LogP contribution in [0.25, 0.3) is 0 Å². The summed E-state index contributed by atoms with van der Waals surface area (Å²) in [5, 5.41) is 8.85. The van der Waals surface area contributed by atoms with E-state index in [-0.39, 0.29) is 17.0 Å². The minimum atomic E-state index is -4.83. The van der Waals surface area contributed by atoms with Crippen LogP contribution in [-0.4, -0.2) is 23.6 Å². The summed E-state index contributed by atoms with van der Waals surface area (Å²) >= 11 is 0. The molecule has 16 heavy (non-hydrogen) atoms. The zero-order valence-corrected chi connectivity index (χ0v) is 8.63. The Hall–Kier alpha value is -1.50. The molecule has 1 N–H and O–H groups in total. The summed E-state index contributed by atoms with van der Waals surface area (Å²) in [6, 6.07) is 0. The third-order valence-electron chi connectivity index (χ3n) is 1.90. The first-order chi connectivity index (χ1) is 7.39. The van der Waals surface area contributed by atoms with Gasteiger partial charge in [0.1, 0.15) is 11.4 Å². The minimum absolute atomic E-state index is 0.138. The maximum Gasteiger partial charge on any atom is 0.573 e. The van der Waals surface area contributed by atoms with E-state index >= 15 is 0 Å². The summed E-state index contributed by atoms with van der Waals surface area (Å²) in [6.07, 6.45) is -3.60. The van der Waals surface area contributed by atoms with Crippen LogP contribution in [0.15, 0.2) is 6.20 Å². The van der Waals surface area contributed by atoms with Crippen molar-refractivity contribution < 1.29 is 27.8 Å². The third kappa shape index (κ3) is 2.75. The molecule has 90 valence electrons. The first kappa shape index (κ1) is 12.6. The highest BCUT2D eigenvalue weighted by Crippen LogP contribution is 2.33. The Labute approximate surface area is 89.6 Å². The van der Waals surface area contributed by atoms with Gasteiger partial charge in [-0.3, -0.25) is 4.98 Å². The van der Waals surface area contributed by atoms with E-state index in [4.69, 9.17) is 9.84 Å². The molecular formula is C9H10F3NO3. The lowest BCUT2D eigenvalue weighted by Gasteiger charge is -2.15. The van der Waals surface area contributed by atoms with Gasteiger partial charge in [0.2, 0.25) is 0 Å². The number of alkyl halides is 3. The van der Waals surface area contributed by atoms with Gasteiger partial charge in [0, 0.05) is 5.56 Å². The summed E-state index contributed by atoms with van der Waals surface area (Å²) in [5.74, 6) is -0.356. The number of aliphatic hydroxyl groups is 1. The number of hydrogen-bond acceptors (Lipinski definition) is 4. The van der Waals surface area contributed by atoms with E-state index < -0.39 is 18.7 Å². The highest BCUT2D eigenvalue weighted by Gasteiger charge is 2.33. The van der Waals surface area contributed by atoms with Crippen molar-refractivity contribution in [2.45, 2.75) is 19.9 Å². The van der Waals surface area contributed by atoms with Gasteiger partial charge < -0.3 is 14.6 Å². The normalized spacial score (nSPS) is 11.4. The SMILES string of the molecule is COc1cnc(CO)c(OC(F)(F)F)c1C. The molecule has 0 radical (unpaired) electrons. The Kier molecular flexibility index (Phi) is 3.58. The van der Waals surface area contributed by atoms with Crippen LogP contribution in [0.3, 0.4) is 0 Å². The maximum absolute atomic E-state index is 12.1. The fourth-order valence-corrected chi connectivity index (χ4v) is 1.19. The van der Waals surface area contributed by atoms with Gasteiger partial charge in [-0.05, 0) is 6.92 Å². The van der Waals surface area contributed by atoms with E-state index in [0.29, 0.717) is 0 Å². The van der Waals surface area contributed by atoms with Crippen LogP contribution in [0.1, 0.15) is 11.3 Å². The van der Waals surface area contributed by atoms with Crippen molar-refractivity contribution >= 4 is 0 Å². The molecule has 4 nitrogen and oxygen atoms in total. The predicted octanol–water partition coefficient (Wildman–Crippen LogP) is 1.79. The van der Waals surface area contributed by atoms with Gasteiger partial charge >= 0.3 is 6.36 Å². The first-order valence-corrected chi connectivity index (χ1v) is 4.28. The quantitative estimate of drug-likeness (QED) is 0.870. The average Bonchev–Trinajstić information content (AvgIpc) is 2.19. The molecule has 0 aliphatic heterocycles. The van der Waals surface area contributed by atoms with Crippen LogP contribution >= 0.6 is 0 Å². The highest BCUT2D eigenvalue weighted by molar-refractivity contribution is 5.45. The number of aromatic nitrogens is 1. The Balaban J connectivity index is 3.21. The van der Waals surface area contributed by atoms with E-state index in [2.05, 4.69) is 9.72 Å². The second-order valence-electron chi connectivity index (χ2n) is 2.93. The van der Waals surface area contributed by atoms with E-state index in [1.165, 1.54) is 20.2 Å².